The van der Waals surface area contributed by atoms with Gasteiger partial charge < -0.3 is 5.32 Å². The Bertz CT molecular complexity index is 228. The van der Waals surface area contributed by atoms with E-state index in [9.17, 15) is 4.79 Å². The highest BCUT2D eigenvalue weighted by atomic mass is 16.2. The van der Waals surface area contributed by atoms with Gasteiger partial charge >= 0.3 is 0 Å². The van der Waals surface area contributed by atoms with Gasteiger partial charge in [0.2, 0.25) is 5.91 Å². The molecular formula is C8H15NO. The second-order valence-electron chi connectivity index (χ2n) is 3.49. The van der Waals surface area contributed by atoms with Crippen molar-refractivity contribution in [2.75, 3.05) is 0 Å². The van der Waals surface area contributed by atoms with Crippen molar-refractivity contribution in [3.8, 4) is 0 Å². The Kier molecular flexibility index (Phi) is 0.986. The minimum atomic E-state index is -1.53. The van der Waals surface area contributed by atoms with Gasteiger partial charge in [-0.05, 0) is 33.6 Å². The maximum Gasteiger partial charge on any atom is 0.223 e. The summed E-state index contributed by atoms with van der Waals surface area (Å²) in [6.45, 7) is 5.44. The SMILES string of the molecule is [2H]C1C([2H])C1([2H])C(=O)NC(C)(C)C. The molecule has 1 aliphatic carbocycles. The summed E-state index contributed by atoms with van der Waals surface area (Å²) in [5, 5.41) is 2.62. The van der Waals surface area contributed by atoms with Crippen LogP contribution in [0.15, 0.2) is 0 Å². The number of carbonyl (C=O) groups excluding carboxylic acids is 1. The molecule has 1 fully saturated rings. The molecular weight excluding hydrogens is 126 g/mol. The summed E-state index contributed by atoms with van der Waals surface area (Å²) in [6, 6.07) is 0. The van der Waals surface area contributed by atoms with E-state index in [0.717, 1.165) is 0 Å². The first-order valence-electron chi connectivity index (χ1n) is 5.02. The van der Waals surface area contributed by atoms with Crippen LogP contribution in [0.2, 0.25) is 0 Å². The fraction of sp³-hybridized carbons (Fsp3) is 0.875. The van der Waals surface area contributed by atoms with E-state index in [1.807, 2.05) is 20.8 Å². The van der Waals surface area contributed by atoms with Crippen molar-refractivity contribution in [2.24, 2.45) is 5.89 Å². The molecule has 0 aromatic carbocycles. The molecule has 0 aromatic heterocycles. The van der Waals surface area contributed by atoms with E-state index < -0.39 is 30.1 Å². The number of hydrogen-bond donors (Lipinski definition) is 1. The Morgan fingerprint density at radius 2 is 2.20 bits per heavy atom. The normalized spacial score (nSPS) is 50.5. The van der Waals surface area contributed by atoms with E-state index in [1.165, 1.54) is 0 Å². The molecule has 10 heavy (non-hydrogen) atoms. The third kappa shape index (κ3) is 2.38. The predicted molar refractivity (Wildman–Crippen MR) is 40.6 cm³/mol. The van der Waals surface area contributed by atoms with Crippen molar-refractivity contribution in [3.05, 3.63) is 0 Å². The number of hydrogen-bond acceptors (Lipinski definition) is 1. The van der Waals surface area contributed by atoms with Gasteiger partial charge in [-0.25, -0.2) is 0 Å². The molecule has 2 heteroatoms. The Morgan fingerprint density at radius 3 is 2.50 bits per heavy atom. The summed E-state index contributed by atoms with van der Waals surface area (Å²) < 4.78 is 22.1. The number of nitrogens with one attached hydrogen (secondary N) is 1. The van der Waals surface area contributed by atoms with Crippen molar-refractivity contribution in [1.29, 1.82) is 0 Å². The summed E-state index contributed by atoms with van der Waals surface area (Å²) in [5.41, 5.74) is -0.396. The first-order valence-corrected chi connectivity index (χ1v) is 3.36. The minimum absolute atomic E-state index is 0.396. The Labute approximate surface area is 66.2 Å². The Balaban J connectivity index is 2.61. The molecule has 2 atom stereocenters. The Morgan fingerprint density at radius 1 is 1.70 bits per heavy atom. The number of carbonyl (C=O) groups is 1. The summed E-state index contributed by atoms with van der Waals surface area (Å²) >= 11 is 0. The minimum Gasteiger partial charge on any atom is -0.351 e. The van der Waals surface area contributed by atoms with Crippen LogP contribution in [0.4, 0.5) is 0 Å². The van der Waals surface area contributed by atoms with Crippen molar-refractivity contribution < 1.29 is 8.91 Å². The van der Waals surface area contributed by atoms with Gasteiger partial charge in [0.1, 0.15) is 0 Å². The molecule has 58 valence electrons. The maximum absolute atomic E-state index is 11.4. The zero-order valence-electron chi connectivity index (χ0n) is 9.56. The van der Waals surface area contributed by atoms with Crippen LogP contribution in [0.1, 0.15) is 37.7 Å². The van der Waals surface area contributed by atoms with Crippen molar-refractivity contribution >= 4 is 5.91 Å². The summed E-state index contributed by atoms with van der Waals surface area (Å²) in [7, 11) is 0. The van der Waals surface area contributed by atoms with Crippen molar-refractivity contribution in [2.45, 2.75) is 39.1 Å². The van der Waals surface area contributed by atoms with E-state index in [2.05, 4.69) is 5.32 Å². The average molecular weight is 144 g/mol. The van der Waals surface area contributed by atoms with Crippen LogP contribution in [0, 0.1) is 5.89 Å². The molecule has 1 amide bonds. The standard InChI is InChI=1S/C8H15NO/c1-8(2,3)9-7(10)6-4-5-6/h6H,4-5H2,1-3H3,(H,9,10)/i4D,5D,6D. The fourth-order valence-corrected chi connectivity index (χ4v) is 0.606. The topological polar surface area (TPSA) is 29.1 Å². The quantitative estimate of drug-likeness (QED) is 0.590. The molecule has 1 rings (SSSR count). The Hall–Kier alpha value is -0.530. The van der Waals surface area contributed by atoms with Crippen LogP contribution in [-0.2, 0) is 4.79 Å². The van der Waals surface area contributed by atoms with Crippen molar-refractivity contribution in [3.63, 3.8) is 0 Å². The lowest BCUT2D eigenvalue weighted by atomic mass is 10.1. The highest BCUT2D eigenvalue weighted by Crippen LogP contribution is 2.29. The van der Waals surface area contributed by atoms with Gasteiger partial charge in [0.05, 0.1) is 0 Å². The molecule has 1 aliphatic rings. The lowest BCUT2D eigenvalue weighted by Crippen LogP contribution is -2.41. The molecule has 1 N–H and O–H groups in total. The third-order valence-corrected chi connectivity index (χ3v) is 1.08. The van der Waals surface area contributed by atoms with E-state index in [0.29, 0.717) is 0 Å². The summed E-state index contributed by atoms with van der Waals surface area (Å²) in [6.07, 6.45) is -1.79. The molecule has 0 spiro atoms. The first kappa shape index (κ1) is 4.37. The van der Waals surface area contributed by atoms with Gasteiger partial charge in [0, 0.05) is 15.5 Å². The van der Waals surface area contributed by atoms with E-state index in [4.69, 9.17) is 4.11 Å². The van der Waals surface area contributed by atoms with Crippen LogP contribution in [0.5, 0.6) is 0 Å². The monoisotopic (exact) mass is 144 g/mol. The van der Waals surface area contributed by atoms with Crippen molar-refractivity contribution in [1.82, 2.24) is 5.32 Å². The van der Waals surface area contributed by atoms with Gasteiger partial charge in [0.25, 0.3) is 0 Å². The number of amides is 1. The predicted octanol–water partition coefficient (Wildman–Crippen LogP) is 1.31. The average Bonchev–Trinajstić information content (AvgIpc) is 2.39. The van der Waals surface area contributed by atoms with E-state index >= 15 is 0 Å². The van der Waals surface area contributed by atoms with Gasteiger partial charge in [-0.3, -0.25) is 4.79 Å². The third-order valence-electron chi connectivity index (χ3n) is 1.08. The van der Waals surface area contributed by atoms with Gasteiger partial charge in [0.15, 0.2) is 0 Å². The molecule has 0 aromatic rings. The number of rotatable bonds is 1. The highest BCUT2D eigenvalue weighted by Gasteiger charge is 2.31. The molecule has 0 bridgehead atoms. The summed E-state index contributed by atoms with van der Waals surface area (Å²) in [4.78, 5) is 11.4. The highest BCUT2D eigenvalue weighted by molar-refractivity contribution is 5.81. The second kappa shape index (κ2) is 2.26. The van der Waals surface area contributed by atoms with E-state index in [1.54, 1.807) is 0 Å². The first-order chi connectivity index (χ1) is 5.69. The smallest absolute Gasteiger partial charge is 0.223 e. The van der Waals surface area contributed by atoms with Crippen LogP contribution in [0.25, 0.3) is 0 Å². The lowest BCUT2D eigenvalue weighted by Gasteiger charge is -2.20. The maximum atomic E-state index is 11.4. The molecule has 0 heterocycles. The molecule has 1 saturated carbocycles. The molecule has 2 unspecified atom stereocenters. The van der Waals surface area contributed by atoms with Crippen LogP contribution in [-0.4, -0.2) is 11.4 Å². The lowest BCUT2D eigenvalue weighted by molar-refractivity contribution is -0.123. The van der Waals surface area contributed by atoms with Crippen LogP contribution < -0.4 is 5.32 Å². The fourth-order valence-electron chi connectivity index (χ4n) is 0.606. The van der Waals surface area contributed by atoms with Gasteiger partial charge in [-0.2, -0.15) is 0 Å². The van der Waals surface area contributed by atoms with Gasteiger partial charge in [-0.1, -0.05) is 0 Å². The second-order valence-corrected chi connectivity index (χ2v) is 3.49. The van der Waals surface area contributed by atoms with Gasteiger partial charge in [-0.15, -0.1) is 0 Å². The van der Waals surface area contributed by atoms with Crippen LogP contribution >= 0.6 is 0 Å². The largest absolute Gasteiger partial charge is 0.351 e. The van der Waals surface area contributed by atoms with Crippen LogP contribution in [0.3, 0.4) is 0 Å². The zero-order chi connectivity index (χ0) is 10.4. The molecule has 0 radical (unpaired) electrons. The zero-order valence-corrected chi connectivity index (χ0v) is 6.56. The summed E-state index contributed by atoms with van der Waals surface area (Å²) in [5.74, 6) is -2.03. The molecule has 0 aliphatic heterocycles. The molecule has 0 saturated heterocycles. The molecule has 2 nitrogen and oxygen atoms in total. The van der Waals surface area contributed by atoms with E-state index in [-0.39, 0.29) is 0 Å².